The first-order valence-electron chi connectivity index (χ1n) is 7.24. The summed E-state index contributed by atoms with van der Waals surface area (Å²) < 4.78 is 12.2. The first kappa shape index (κ1) is 18.4. The van der Waals surface area contributed by atoms with E-state index in [1.807, 2.05) is 0 Å². The van der Waals surface area contributed by atoms with Gasteiger partial charge in [0.2, 0.25) is 0 Å². The van der Waals surface area contributed by atoms with Crippen LogP contribution in [0.25, 0.3) is 0 Å². The fourth-order valence-corrected chi connectivity index (χ4v) is 2.77. The third kappa shape index (κ3) is 7.95. The maximum absolute atomic E-state index is 11.6. The summed E-state index contributed by atoms with van der Waals surface area (Å²) in [5, 5.41) is 15.3. The average molecular weight is 351 g/mol. The van der Waals surface area contributed by atoms with E-state index in [1.165, 1.54) is 12.1 Å². The van der Waals surface area contributed by atoms with Crippen LogP contribution in [0.1, 0.15) is 32.6 Å². The van der Waals surface area contributed by atoms with Gasteiger partial charge in [0.15, 0.2) is 0 Å². The molecule has 125 valence electrons. The number of urea groups is 1. The van der Waals surface area contributed by atoms with Crippen molar-refractivity contribution < 1.29 is 27.4 Å². The number of phenols is 1. The second-order valence-corrected chi connectivity index (χ2v) is 7.22. The molecule has 0 fully saturated rings. The Balaban J connectivity index is 2.04. The zero-order valence-corrected chi connectivity index (χ0v) is 13.9. The molecule has 0 saturated carbocycles. The normalized spacial score (nSPS) is 10.9. The van der Waals surface area contributed by atoms with Gasteiger partial charge in [0.25, 0.3) is 0 Å². The number of amides is 2. The number of benzene rings is 1. The topological polar surface area (TPSA) is 78.4 Å². The average Bonchev–Trinajstić information content (AvgIpc) is 2.48. The summed E-state index contributed by atoms with van der Waals surface area (Å²) in [6.07, 6.45) is 3.83. The molecule has 0 heterocycles. The molecule has 5 nitrogen and oxygen atoms in total. The molecular weight excluding hydrogens is 327 g/mol. The number of anilines is 1. The number of rotatable bonds is 9. The molecule has 0 spiro atoms. The van der Waals surface area contributed by atoms with E-state index in [2.05, 4.69) is 17.2 Å². The Hall–Kier alpha value is -1.66. The summed E-state index contributed by atoms with van der Waals surface area (Å²) in [5.74, 6) is 0.166. The van der Waals surface area contributed by atoms with Crippen LogP contribution in [0.3, 0.4) is 0 Å². The molecule has 6 heteroatoms. The number of unbranched alkanes of at least 4 members (excludes halogenated alkanes) is 3. The summed E-state index contributed by atoms with van der Waals surface area (Å²) in [5.41, 5.74) is 0.638. The van der Waals surface area contributed by atoms with E-state index in [-0.39, 0.29) is 11.8 Å². The molecule has 0 aliphatic rings. The summed E-state index contributed by atoms with van der Waals surface area (Å²) in [6, 6.07) is 6.06. The van der Waals surface area contributed by atoms with Gasteiger partial charge in [-0.15, -0.1) is 0 Å². The van der Waals surface area contributed by atoms with Crippen molar-refractivity contribution in [3.8, 4) is 5.75 Å². The number of hydrogen-bond donors (Lipinski definition) is 3. The monoisotopic (exact) mass is 351 g/mol. The Morgan fingerprint density at radius 3 is 2.45 bits per heavy atom. The third-order valence-corrected chi connectivity index (χ3v) is 4.76. The Kier molecular flexibility index (Phi) is 8.46. The van der Waals surface area contributed by atoms with E-state index in [0.717, 1.165) is 30.2 Å². The van der Waals surface area contributed by atoms with Crippen molar-refractivity contribution in [3.05, 3.63) is 35.4 Å². The standard InChI is InChI=1S/C13H19N2O2.C3H5.Co.O/c1-2-3-4-5-10-14-13(17)15-11-6-8-12(16)9-7-11;1-3-2;;/h6-9,16H,1-5,10H2,(H2,14,15,17);1H2,2H3;;. The zero-order chi connectivity index (χ0) is 16.4. The third-order valence-electron chi connectivity index (χ3n) is 2.92. The number of phenolic OH excluding ortho intramolecular Hbond substituents is 1. The van der Waals surface area contributed by atoms with E-state index < -0.39 is 13.6 Å². The maximum atomic E-state index is 11.6. The van der Waals surface area contributed by atoms with E-state index in [9.17, 15) is 8.66 Å². The van der Waals surface area contributed by atoms with Crippen molar-refractivity contribution in [2.24, 2.45) is 0 Å². The molecule has 3 N–H and O–H groups in total. The van der Waals surface area contributed by atoms with Crippen LogP contribution >= 0.6 is 0 Å². The van der Waals surface area contributed by atoms with E-state index >= 15 is 0 Å². The number of carbonyl (C=O) groups is 1. The summed E-state index contributed by atoms with van der Waals surface area (Å²) in [7, 11) is 0. The van der Waals surface area contributed by atoms with Gasteiger partial charge in [-0.25, -0.2) is 0 Å². The van der Waals surface area contributed by atoms with Crippen LogP contribution in [0.4, 0.5) is 10.5 Å². The number of aromatic hydroxyl groups is 1. The second-order valence-electron chi connectivity index (χ2n) is 4.93. The fourth-order valence-electron chi connectivity index (χ4n) is 1.73. The van der Waals surface area contributed by atoms with Gasteiger partial charge in [0.1, 0.15) is 5.75 Å². The minimum absolute atomic E-state index is 0.166. The number of allylic oxidation sites excluding steroid dienone is 1. The first-order chi connectivity index (χ1) is 10.5. The van der Waals surface area contributed by atoms with Crippen LogP contribution < -0.4 is 10.6 Å². The Labute approximate surface area is 135 Å². The molecule has 1 aromatic rings. The van der Waals surface area contributed by atoms with Crippen molar-refractivity contribution in [2.45, 2.75) is 38.0 Å². The molecule has 0 bridgehead atoms. The molecule has 1 rings (SSSR count). The van der Waals surface area contributed by atoms with Crippen molar-refractivity contribution in [1.29, 1.82) is 0 Å². The van der Waals surface area contributed by atoms with Gasteiger partial charge in [-0.1, -0.05) is 0 Å². The van der Waals surface area contributed by atoms with E-state index in [4.69, 9.17) is 5.11 Å². The van der Waals surface area contributed by atoms with Gasteiger partial charge < -0.3 is 5.11 Å². The van der Waals surface area contributed by atoms with Crippen LogP contribution in [0.15, 0.2) is 35.4 Å². The molecule has 0 atom stereocenters. The Bertz CT molecular complexity index is 515. The van der Waals surface area contributed by atoms with Crippen molar-refractivity contribution >= 4 is 11.7 Å². The second kappa shape index (κ2) is 10.1. The van der Waals surface area contributed by atoms with E-state index in [1.54, 1.807) is 19.1 Å². The Morgan fingerprint density at radius 2 is 1.82 bits per heavy atom. The van der Waals surface area contributed by atoms with Gasteiger partial charge in [-0.3, -0.25) is 0 Å². The van der Waals surface area contributed by atoms with Gasteiger partial charge in [0, 0.05) is 0 Å². The predicted molar refractivity (Wildman–Crippen MR) is 83.9 cm³/mol. The van der Waals surface area contributed by atoms with Crippen molar-refractivity contribution in [3.63, 3.8) is 0 Å². The fraction of sp³-hybridized carbons (Fsp3) is 0.438. The number of carbonyl (C=O) groups excluding carboxylic acids is 1. The van der Waals surface area contributed by atoms with Crippen molar-refractivity contribution in [2.75, 3.05) is 11.9 Å². The summed E-state index contributed by atoms with van der Waals surface area (Å²) >= 11 is -1.23. The number of hydrogen-bond acceptors (Lipinski definition) is 3. The zero-order valence-electron chi connectivity index (χ0n) is 12.9. The van der Waals surface area contributed by atoms with Gasteiger partial charge in [0.05, 0.1) is 0 Å². The molecule has 0 radical (unpaired) electrons. The molecule has 22 heavy (non-hydrogen) atoms. The first-order valence-corrected chi connectivity index (χ1v) is 8.93. The minimum atomic E-state index is -1.23. The van der Waals surface area contributed by atoms with Crippen LogP contribution in [-0.4, -0.2) is 17.7 Å². The quantitative estimate of drug-likeness (QED) is 0.465. The SMILES string of the molecule is C=[C](C)[Co](=[O])[CH2]CCCCCNC(=O)Nc1ccc(O)cc1. The van der Waals surface area contributed by atoms with Crippen molar-refractivity contribution in [1.82, 2.24) is 5.32 Å². The summed E-state index contributed by atoms with van der Waals surface area (Å²) in [4.78, 5) is 11.6. The molecule has 0 aliphatic carbocycles. The van der Waals surface area contributed by atoms with Crippen LogP contribution in [0, 0.1) is 0 Å². The summed E-state index contributed by atoms with van der Waals surface area (Å²) in [6.45, 7) is 6.10. The van der Waals surface area contributed by atoms with Crippen LogP contribution in [0.5, 0.6) is 5.75 Å². The molecule has 0 aromatic heterocycles. The molecule has 0 aliphatic heterocycles. The van der Waals surface area contributed by atoms with Gasteiger partial charge in [-0.2, -0.15) is 0 Å². The number of nitrogens with one attached hydrogen (secondary N) is 2. The predicted octanol–water partition coefficient (Wildman–Crippen LogP) is 3.99. The van der Waals surface area contributed by atoms with E-state index in [0.29, 0.717) is 17.6 Å². The van der Waals surface area contributed by atoms with Gasteiger partial charge >= 0.3 is 124 Å². The molecule has 0 saturated heterocycles. The Morgan fingerprint density at radius 1 is 1.18 bits per heavy atom. The molecule has 1 aromatic carbocycles. The molecule has 0 unspecified atom stereocenters. The van der Waals surface area contributed by atoms with Crippen LogP contribution in [-0.2, 0) is 17.5 Å². The van der Waals surface area contributed by atoms with Crippen LogP contribution in [0.2, 0.25) is 5.36 Å². The van der Waals surface area contributed by atoms with Gasteiger partial charge in [-0.05, 0) is 0 Å². The molecule has 2 amide bonds. The molecular formula is C16H24CoN2O3.